The third-order valence-electron chi connectivity index (χ3n) is 11.2. The lowest BCUT2D eigenvalue weighted by atomic mass is 9.99. The fraction of sp³-hybridized carbons (Fsp3) is 0.0196. The highest BCUT2D eigenvalue weighted by Crippen LogP contribution is 2.44. The predicted octanol–water partition coefficient (Wildman–Crippen LogP) is 13.2. The van der Waals surface area contributed by atoms with Crippen LogP contribution in [0.25, 0.3) is 80.7 Å². The summed E-state index contributed by atoms with van der Waals surface area (Å²) in [6, 6.07) is 64.5. The molecule has 1 aliphatic heterocycles. The summed E-state index contributed by atoms with van der Waals surface area (Å²) >= 11 is 1.86. The number of fused-ring (bicyclic) bond motifs is 9. The van der Waals surface area contributed by atoms with Crippen molar-refractivity contribution in [3.8, 4) is 16.8 Å². The molecule has 1 unspecified atom stereocenters. The van der Waals surface area contributed by atoms with Crippen LogP contribution < -0.4 is 5.32 Å². The molecule has 57 heavy (non-hydrogen) atoms. The van der Waals surface area contributed by atoms with Crippen molar-refractivity contribution in [3.05, 3.63) is 199 Å². The highest BCUT2D eigenvalue weighted by molar-refractivity contribution is 7.26. The first kappa shape index (κ1) is 32.0. The van der Waals surface area contributed by atoms with Gasteiger partial charge in [0, 0.05) is 64.1 Å². The lowest BCUT2D eigenvalue weighted by molar-refractivity contribution is 0.669. The molecule has 5 nitrogen and oxygen atoms in total. The maximum atomic E-state index is 6.26. The minimum absolute atomic E-state index is 0.281. The summed E-state index contributed by atoms with van der Waals surface area (Å²) in [5, 5.41) is 10.7. The Bertz CT molecular complexity index is 3450. The third-order valence-corrected chi connectivity index (χ3v) is 12.5. The number of aliphatic imine (C=N–C) groups is 2. The van der Waals surface area contributed by atoms with Gasteiger partial charge < -0.3 is 14.3 Å². The van der Waals surface area contributed by atoms with Crippen LogP contribution in [0.2, 0.25) is 0 Å². The molecule has 268 valence electrons. The molecule has 1 atom stereocenters. The Hall–Kier alpha value is -7.28. The third kappa shape index (κ3) is 5.15. The van der Waals surface area contributed by atoms with Crippen molar-refractivity contribution in [2.45, 2.75) is 6.17 Å². The van der Waals surface area contributed by atoms with Gasteiger partial charge in [0.15, 0.2) is 5.84 Å². The van der Waals surface area contributed by atoms with Crippen molar-refractivity contribution in [3.63, 3.8) is 0 Å². The molecule has 1 aliphatic rings. The summed E-state index contributed by atoms with van der Waals surface area (Å²) in [4.78, 5) is 10.4. The van der Waals surface area contributed by atoms with E-state index in [2.05, 4.69) is 155 Å². The van der Waals surface area contributed by atoms with Gasteiger partial charge >= 0.3 is 0 Å². The number of amidine groups is 2. The number of hydrogen-bond acceptors (Lipinski definition) is 5. The molecule has 0 saturated carbocycles. The van der Waals surface area contributed by atoms with Gasteiger partial charge in [0.1, 0.15) is 23.2 Å². The van der Waals surface area contributed by atoms with Crippen LogP contribution in [-0.4, -0.2) is 16.2 Å². The molecular weight excluding hydrogens is 717 g/mol. The number of furan rings is 1. The number of para-hydroxylation sites is 2. The van der Waals surface area contributed by atoms with Crippen molar-refractivity contribution >= 4 is 86.9 Å². The Balaban J connectivity index is 1.10. The maximum absolute atomic E-state index is 6.26. The highest BCUT2D eigenvalue weighted by atomic mass is 32.1. The van der Waals surface area contributed by atoms with Gasteiger partial charge in [-0.1, -0.05) is 133 Å². The van der Waals surface area contributed by atoms with E-state index in [0.29, 0.717) is 5.84 Å². The molecule has 12 rings (SSSR count). The molecule has 0 radical (unpaired) electrons. The van der Waals surface area contributed by atoms with E-state index < -0.39 is 0 Å². The van der Waals surface area contributed by atoms with E-state index in [-0.39, 0.29) is 6.17 Å². The smallest absolute Gasteiger partial charge is 0.159 e. The zero-order valence-electron chi connectivity index (χ0n) is 30.6. The average Bonchev–Trinajstić information content (AvgIpc) is 3.95. The first-order valence-corrected chi connectivity index (χ1v) is 20.0. The van der Waals surface area contributed by atoms with Crippen molar-refractivity contribution in [1.29, 1.82) is 0 Å². The second-order valence-electron chi connectivity index (χ2n) is 14.6. The molecular formula is C51H32N4OS. The Morgan fingerprint density at radius 3 is 2.09 bits per heavy atom. The number of rotatable bonds is 5. The van der Waals surface area contributed by atoms with Crippen LogP contribution in [0.15, 0.2) is 196 Å². The zero-order chi connectivity index (χ0) is 37.5. The monoisotopic (exact) mass is 748 g/mol. The molecule has 0 amide bonds. The summed E-state index contributed by atoms with van der Waals surface area (Å²) in [5.74, 6) is 1.50. The molecule has 8 aromatic carbocycles. The zero-order valence-corrected chi connectivity index (χ0v) is 31.4. The number of benzene rings is 8. The largest absolute Gasteiger partial charge is 0.456 e. The molecule has 0 bridgehead atoms. The molecule has 3 aromatic heterocycles. The van der Waals surface area contributed by atoms with E-state index in [0.717, 1.165) is 66.7 Å². The van der Waals surface area contributed by atoms with Crippen LogP contribution in [0.1, 0.15) is 22.9 Å². The van der Waals surface area contributed by atoms with E-state index in [1.54, 1.807) is 0 Å². The summed E-state index contributed by atoms with van der Waals surface area (Å²) < 4.78 is 11.2. The van der Waals surface area contributed by atoms with Crippen molar-refractivity contribution < 1.29 is 4.42 Å². The molecule has 0 fully saturated rings. The number of hydrogen-bond donors (Lipinski definition) is 1. The number of nitrogens with zero attached hydrogens (tertiary/aromatic N) is 3. The van der Waals surface area contributed by atoms with Gasteiger partial charge in [-0.2, -0.15) is 0 Å². The van der Waals surface area contributed by atoms with E-state index in [1.807, 2.05) is 47.7 Å². The minimum Gasteiger partial charge on any atom is -0.456 e. The molecule has 11 aromatic rings. The first-order chi connectivity index (χ1) is 28.2. The lowest BCUT2D eigenvalue weighted by Crippen LogP contribution is -2.33. The summed E-state index contributed by atoms with van der Waals surface area (Å²) in [6.07, 6.45) is -0.281. The maximum Gasteiger partial charge on any atom is 0.159 e. The first-order valence-electron chi connectivity index (χ1n) is 19.2. The predicted molar refractivity (Wildman–Crippen MR) is 238 cm³/mol. The van der Waals surface area contributed by atoms with E-state index in [9.17, 15) is 0 Å². The van der Waals surface area contributed by atoms with Gasteiger partial charge in [0.05, 0.1) is 11.0 Å². The SMILES string of the molecule is c1ccc(C2=NC(c3ccc4c5ccccc5n(-c5cc(-c6ccc7oc8ccccc8c7c6)c6sc7ccccc7c6c5)c4c3)=NC(c3ccccc3)N2)cc1. The van der Waals surface area contributed by atoms with Crippen molar-refractivity contribution in [2.75, 3.05) is 0 Å². The second-order valence-corrected chi connectivity index (χ2v) is 15.7. The van der Waals surface area contributed by atoms with Gasteiger partial charge in [0.2, 0.25) is 0 Å². The summed E-state index contributed by atoms with van der Waals surface area (Å²) in [5.41, 5.74) is 10.6. The van der Waals surface area contributed by atoms with E-state index >= 15 is 0 Å². The Morgan fingerprint density at radius 1 is 0.509 bits per heavy atom. The number of aromatic nitrogens is 1. The number of nitrogens with one attached hydrogen (secondary N) is 1. The quantitative estimate of drug-likeness (QED) is 0.191. The van der Waals surface area contributed by atoms with Crippen molar-refractivity contribution in [2.24, 2.45) is 9.98 Å². The molecule has 1 N–H and O–H groups in total. The van der Waals surface area contributed by atoms with Crippen LogP contribution in [-0.2, 0) is 0 Å². The van der Waals surface area contributed by atoms with Gasteiger partial charge in [-0.05, 0) is 59.7 Å². The highest BCUT2D eigenvalue weighted by Gasteiger charge is 2.23. The fourth-order valence-corrected chi connectivity index (χ4v) is 9.78. The van der Waals surface area contributed by atoms with E-state index in [4.69, 9.17) is 14.4 Å². The molecule has 4 heterocycles. The van der Waals surface area contributed by atoms with Crippen LogP contribution in [0.5, 0.6) is 0 Å². The van der Waals surface area contributed by atoms with Crippen LogP contribution in [0, 0.1) is 0 Å². The van der Waals surface area contributed by atoms with Gasteiger partial charge in [-0.3, -0.25) is 0 Å². The summed E-state index contributed by atoms with van der Waals surface area (Å²) in [6.45, 7) is 0. The standard InChI is InChI=1S/C51H32N4OS/c1-3-13-31(14-4-1)49-52-50(32-15-5-2-6-16-32)54-51(53-49)34-23-25-37-36-17-7-10-20-43(36)55(44(37)28-34)35-29-40(48-42(30-35)39-19-9-12-22-47(39)57-48)33-24-26-46-41(27-33)38-18-8-11-21-45(38)56-46/h1-30,49H,(H,52,53,54). The van der Waals surface area contributed by atoms with Crippen LogP contribution >= 0.6 is 11.3 Å². The topological polar surface area (TPSA) is 54.8 Å². The molecule has 0 spiro atoms. The lowest BCUT2D eigenvalue weighted by Gasteiger charge is -2.23. The number of thiophene rings is 1. The van der Waals surface area contributed by atoms with Crippen LogP contribution in [0.4, 0.5) is 0 Å². The Labute approximate surface area is 331 Å². The molecule has 0 saturated heterocycles. The van der Waals surface area contributed by atoms with Gasteiger partial charge in [-0.25, -0.2) is 9.98 Å². The van der Waals surface area contributed by atoms with Crippen LogP contribution in [0.3, 0.4) is 0 Å². The normalized spacial score (nSPS) is 14.5. The fourth-order valence-electron chi connectivity index (χ4n) is 8.56. The van der Waals surface area contributed by atoms with E-state index in [1.165, 1.54) is 36.5 Å². The second kappa shape index (κ2) is 12.6. The average molecular weight is 749 g/mol. The van der Waals surface area contributed by atoms with Crippen molar-refractivity contribution in [1.82, 2.24) is 9.88 Å². The van der Waals surface area contributed by atoms with Gasteiger partial charge in [-0.15, -0.1) is 11.3 Å². The summed E-state index contributed by atoms with van der Waals surface area (Å²) in [7, 11) is 0. The Kier molecular flexibility index (Phi) is 7.09. The minimum atomic E-state index is -0.281. The molecule has 0 aliphatic carbocycles. The Morgan fingerprint density at radius 2 is 1.21 bits per heavy atom. The van der Waals surface area contributed by atoms with Gasteiger partial charge in [0.25, 0.3) is 0 Å². The molecule has 6 heteroatoms.